The topological polar surface area (TPSA) is 54.5 Å². The molecular weight excluding hydrogens is 254 g/mol. The highest BCUT2D eigenvalue weighted by atomic mass is 16.5. The Bertz CT molecular complexity index is 419. The first-order valence-electron chi connectivity index (χ1n) is 7.11. The molecule has 1 aromatic heterocycles. The Balaban J connectivity index is 2.95. The van der Waals surface area contributed by atoms with Crippen LogP contribution in [0.15, 0.2) is 18.3 Å². The van der Waals surface area contributed by atoms with E-state index in [1.54, 1.807) is 32.5 Å². The van der Waals surface area contributed by atoms with Gasteiger partial charge in [0.15, 0.2) is 0 Å². The maximum absolute atomic E-state index is 12.7. The summed E-state index contributed by atoms with van der Waals surface area (Å²) in [5, 5.41) is 2.95. The highest BCUT2D eigenvalue weighted by molar-refractivity contribution is 5.95. The third-order valence-electron chi connectivity index (χ3n) is 3.44. The van der Waals surface area contributed by atoms with Gasteiger partial charge in [-0.25, -0.2) is 4.98 Å². The van der Waals surface area contributed by atoms with Gasteiger partial charge in [-0.3, -0.25) is 4.79 Å². The fraction of sp³-hybridized carbons (Fsp3) is 0.600. The van der Waals surface area contributed by atoms with Gasteiger partial charge in [0.25, 0.3) is 5.91 Å². The number of anilines is 1. The average Bonchev–Trinajstić information content (AvgIpc) is 2.50. The van der Waals surface area contributed by atoms with Crippen LogP contribution in [-0.4, -0.2) is 49.1 Å². The highest BCUT2D eigenvalue weighted by Gasteiger charge is 2.22. The number of hydrogen-bond donors (Lipinski definition) is 1. The molecule has 1 amide bonds. The molecular formula is C15H25N3O2. The predicted molar refractivity (Wildman–Crippen MR) is 81.1 cm³/mol. The molecule has 112 valence electrons. The lowest BCUT2D eigenvalue weighted by atomic mass is 10.1. The molecule has 1 rings (SSSR count). The normalized spacial score (nSPS) is 10.7. The summed E-state index contributed by atoms with van der Waals surface area (Å²) >= 11 is 0. The van der Waals surface area contributed by atoms with Crippen molar-refractivity contribution in [3.63, 3.8) is 0 Å². The molecule has 0 saturated carbocycles. The second-order valence-electron chi connectivity index (χ2n) is 4.64. The second kappa shape index (κ2) is 8.53. The van der Waals surface area contributed by atoms with Crippen molar-refractivity contribution in [1.29, 1.82) is 0 Å². The molecule has 1 aromatic rings. The number of rotatable bonds is 8. The van der Waals surface area contributed by atoms with E-state index in [2.05, 4.69) is 24.1 Å². The maximum Gasteiger partial charge on any atom is 0.254 e. The number of amides is 1. The Morgan fingerprint density at radius 2 is 2.15 bits per heavy atom. The summed E-state index contributed by atoms with van der Waals surface area (Å²) in [5.41, 5.74) is 0.660. The van der Waals surface area contributed by atoms with Crippen molar-refractivity contribution < 1.29 is 9.53 Å². The number of nitrogens with zero attached hydrogens (tertiary/aromatic N) is 2. The molecule has 0 bridgehead atoms. The summed E-state index contributed by atoms with van der Waals surface area (Å²) in [4.78, 5) is 18.7. The van der Waals surface area contributed by atoms with Crippen LogP contribution in [0.5, 0.6) is 0 Å². The van der Waals surface area contributed by atoms with Crippen molar-refractivity contribution in [3.05, 3.63) is 23.9 Å². The quantitative estimate of drug-likeness (QED) is 0.794. The molecule has 0 aromatic carbocycles. The lowest BCUT2D eigenvalue weighted by molar-refractivity contribution is 0.0589. The molecule has 0 fully saturated rings. The minimum atomic E-state index is 0.0367. The Morgan fingerprint density at radius 3 is 2.70 bits per heavy atom. The summed E-state index contributed by atoms with van der Waals surface area (Å²) in [7, 11) is 3.45. The van der Waals surface area contributed by atoms with Crippen LogP contribution in [0, 0.1) is 0 Å². The lowest BCUT2D eigenvalue weighted by Gasteiger charge is -2.30. The van der Waals surface area contributed by atoms with E-state index in [0.29, 0.717) is 24.5 Å². The minimum absolute atomic E-state index is 0.0367. The summed E-state index contributed by atoms with van der Waals surface area (Å²) in [6.07, 6.45) is 3.53. The average molecular weight is 279 g/mol. The van der Waals surface area contributed by atoms with E-state index in [9.17, 15) is 4.79 Å². The highest BCUT2D eigenvalue weighted by Crippen LogP contribution is 2.15. The third-order valence-corrected chi connectivity index (χ3v) is 3.44. The smallest absolute Gasteiger partial charge is 0.254 e. The zero-order valence-electron chi connectivity index (χ0n) is 12.8. The van der Waals surface area contributed by atoms with Crippen molar-refractivity contribution in [2.75, 3.05) is 32.6 Å². The third kappa shape index (κ3) is 4.20. The van der Waals surface area contributed by atoms with Gasteiger partial charge in [-0.1, -0.05) is 13.8 Å². The number of pyridine rings is 1. The van der Waals surface area contributed by atoms with Crippen LogP contribution in [0.1, 0.15) is 37.0 Å². The Morgan fingerprint density at radius 1 is 1.45 bits per heavy atom. The summed E-state index contributed by atoms with van der Waals surface area (Å²) in [5.74, 6) is 0.738. The molecule has 0 atom stereocenters. The van der Waals surface area contributed by atoms with Gasteiger partial charge in [0.05, 0.1) is 6.61 Å². The van der Waals surface area contributed by atoms with Gasteiger partial charge in [0.2, 0.25) is 0 Å². The molecule has 5 heteroatoms. The van der Waals surface area contributed by atoms with E-state index >= 15 is 0 Å². The van der Waals surface area contributed by atoms with Gasteiger partial charge in [0.1, 0.15) is 5.82 Å². The molecule has 0 aliphatic heterocycles. The van der Waals surface area contributed by atoms with Crippen LogP contribution in [0.4, 0.5) is 5.82 Å². The molecule has 0 aliphatic rings. The maximum atomic E-state index is 12.7. The molecule has 0 spiro atoms. The molecule has 1 N–H and O–H groups in total. The van der Waals surface area contributed by atoms with Crippen molar-refractivity contribution >= 4 is 11.7 Å². The number of hydrogen-bond acceptors (Lipinski definition) is 4. The van der Waals surface area contributed by atoms with E-state index in [4.69, 9.17) is 4.74 Å². The number of carbonyl (C=O) groups excluding carboxylic acids is 1. The van der Waals surface area contributed by atoms with E-state index in [0.717, 1.165) is 12.8 Å². The fourth-order valence-corrected chi connectivity index (χ4v) is 2.24. The number of carbonyl (C=O) groups is 1. The molecule has 1 heterocycles. The van der Waals surface area contributed by atoms with Gasteiger partial charge < -0.3 is 15.0 Å². The molecule has 0 aliphatic carbocycles. The van der Waals surface area contributed by atoms with Crippen LogP contribution in [0.3, 0.4) is 0 Å². The van der Waals surface area contributed by atoms with E-state index < -0.39 is 0 Å². The Kier molecular flexibility index (Phi) is 7.01. The first-order valence-corrected chi connectivity index (χ1v) is 7.11. The lowest BCUT2D eigenvalue weighted by Crippen LogP contribution is -2.41. The first-order chi connectivity index (χ1) is 9.67. The molecule has 0 saturated heterocycles. The Hall–Kier alpha value is -1.62. The van der Waals surface area contributed by atoms with Crippen LogP contribution in [0.25, 0.3) is 0 Å². The van der Waals surface area contributed by atoms with Gasteiger partial charge in [0, 0.05) is 38.5 Å². The summed E-state index contributed by atoms with van der Waals surface area (Å²) in [6, 6.07) is 3.78. The molecule has 5 nitrogen and oxygen atoms in total. The van der Waals surface area contributed by atoms with Crippen LogP contribution >= 0.6 is 0 Å². The van der Waals surface area contributed by atoms with Crippen molar-refractivity contribution in [1.82, 2.24) is 9.88 Å². The zero-order chi connectivity index (χ0) is 15.0. The van der Waals surface area contributed by atoms with E-state index in [-0.39, 0.29) is 11.9 Å². The zero-order valence-corrected chi connectivity index (χ0v) is 12.8. The predicted octanol–water partition coefficient (Wildman–Crippen LogP) is 2.40. The molecule has 0 radical (unpaired) electrons. The monoisotopic (exact) mass is 279 g/mol. The SMILES string of the molecule is CCC(CC)N(CCOC)C(=O)c1ccnc(NC)c1. The van der Waals surface area contributed by atoms with Crippen molar-refractivity contribution in [3.8, 4) is 0 Å². The molecule has 20 heavy (non-hydrogen) atoms. The fourth-order valence-electron chi connectivity index (χ4n) is 2.24. The number of ether oxygens (including phenoxy) is 1. The Labute approximate surface area is 121 Å². The molecule has 0 unspecified atom stereocenters. The van der Waals surface area contributed by atoms with Gasteiger partial charge >= 0.3 is 0 Å². The van der Waals surface area contributed by atoms with Crippen LogP contribution < -0.4 is 5.32 Å². The number of methoxy groups -OCH3 is 1. The minimum Gasteiger partial charge on any atom is -0.383 e. The standard InChI is InChI=1S/C15H25N3O2/c1-5-13(6-2)18(9-10-20-4)15(19)12-7-8-17-14(11-12)16-3/h7-8,11,13H,5-6,9-10H2,1-4H3,(H,16,17). The second-order valence-corrected chi connectivity index (χ2v) is 4.64. The summed E-state index contributed by atoms with van der Waals surface area (Å²) in [6.45, 7) is 5.37. The van der Waals surface area contributed by atoms with Crippen molar-refractivity contribution in [2.45, 2.75) is 32.7 Å². The largest absolute Gasteiger partial charge is 0.383 e. The van der Waals surface area contributed by atoms with E-state index in [1.807, 2.05) is 4.90 Å². The van der Waals surface area contributed by atoms with E-state index in [1.165, 1.54) is 0 Å². The van der Waals surface area contributed by atoms with Crippen LogP contribution in [0.2, 0.25) is 0 Å². The van der Waals surface area contributed by atoms with Gasteiger partial charge in [-0.15, -0.1) is 0 Å². The number of aromatic nitrogens is 1. The van der Waals surface area contributed by atoms with Crippen LogP contribution in [-0.2, 0) is 4.74 Å². The number of nitrogens with one attached hydrogen (secondary N) is 1. The van der Waals surface area contributed by atoms with Crippen molar-refractivity contribution in [2.24, 2.45) is 0 Å². The first kappa shape index (κ1) is 16.4. The summed E-state index contributed by atoms with van der Waals surface area (Å²) < 4.78 is 5.12. The van der Waals surface area contributed by atoms with Gasteiger partial charge in [-0.05, 0) is 25.0 Å². The van der Waals surface area contributed by atoms with Gasteiger partial charge in [-0.2, -0.15) is 0 Å².